The molecule has 1 saturated carbocycles. The number of aliphatic hydroxyl groups is 1. The molecule has 0 spiro atoms. The Morgan fingerprint density at radius 2 is 1.74 bits per heavy atom. The summed E-state index contributed by atoms with van der Waals surface area (Å²) in [6.07, 6.45) is 1.24. The Labute approximate surface area is 220 Å². The van der Waals surface area contributed by atoms with Crippen LogP contribution in [0.15, 0.2) is 77.7 Å². The number of aliphatic hydroxyl groups excluding tert-OH is 1. The quantitative estimate of drug-likeness (QED) is 0.295. The highest BCUT2D eigenvalue weighted by molar-refractivity contribution is 7.89. The lowest BCUT2D eigenvalue weighted by Crippen LogP contribution is -2.45. The van der Waals surface area contributed by atoms with Crippen LogP contribution in [0.25, 0.3) is 0 Å². The summed E-state index contributed by atoms with van der Waals surface area (Å²) in [6.45, 7) is -0.310. The molecule has 0 heterocycles. The predicted molar refractivity (Wildman–Crippen MR) is 139 cm³/mol. The summed E-state index contributed by atoms with van der Waals surface area (Å²) in [5.41, 5.74) is 0.389. The number of rotatable bonds is 11. The van der Waals surface area contributed by atoms with E-state index in [0.29, 0.717) is 12.8 Å². The van der Waals surface area contributed by atoms with E-state index >= 15 is 0 Å². The van der Waals surface area contributed by atoms with Crippen LogP contribution in [0.2, 0.25) is 0 Å². The van der Waals surface area contributed by atoms with Crippen molar-refractivity contribution in [1.29, 1.82) is 0 Å². The van der Waals surface area contributed by atoms with Crippen molar-refractivity contribution in [3.63, 3.8) is 0 Å². The topological polar surface area (TPSA) is 134 Å². The third kappa shape index (κ3) is 6.55. The smallest absolute Gasteiger partial charge is 0.251 e. The summed E-state index contributed by atoms with van der Waals surface area (Å²) >= 11 is 0. The first kappa shape index (κ1) is 27.2. The predicted octanol–water partition coefficient (Wildman–Crippen LogP) is 2.62. The van der Waals surface area contributed by atoms with Gasteiger partial charge in [-0.1, -0.05) is 30.3 Å². The van der Waals surface area contributed by atoms with Gasteiger partial charge in [0.15, 0.2) is 0 Å². The molecule has 200 valence electrons. The molecule has 0 aromatic heterocycles. The van der Waals surface area contributed by atoms with Gasteiger partial charge in [0.05, 0.1) is 19.3 Å². The number of carbonyl (C=O) groups excluding carboxylic acids is 2. The lowest BCUT2D eigenvalue weighted by molar-refractivity contribution is -0.118. The van der Waals surface area contributed by atoms with Gasteiger partial charge >= 0.3 is 0 Å². The van der Waals surface area contributed by atoms with Gasteiger partial charge in [-0.2, -0.15) is 0 Å². The fourth-order valence-corrected chi connectivity index (χ4v) is 5.48. The Kier molecular flexibility index (Phi) is 8.10. The highest BCUT2D eigenvalue weighted by Crippen LogP contribution is 2.37. The first-order chi connectivity index (χ1) is 18.1. The van der Waals surface area contributed by atoms with Crippen molar-refractivity contribution in [1.82, 2.24) is 10.0 Å². The summed E-state index contributed by atoms with van der Waals surface area (Å²) < 4.78 is 46.8. The van der Waals surface area contributed by atoms with E-state index < -0.39 is 39.2 Å². The number of anilines is 1. The Morgan fingerprint density at radius 1 is 1.05 bits per heavy atom. The number of ether oxygens (including phenoxy) is 1. The van der Waals surface area contributed by atoms with Gasteiger partial charge in [-0.15, -0.1) is 0 Å². The molecule has 0 unspecified atom stereocenters. The van der Waals surface area contributed by atoms with E-state index in [9.17, 15) is 27.5 Å². The highest BCUT2D eigenvalue weighted by atomic mass is 32.2. The van der Waals surface area contributed by atoms with Gasteiger partial charge in [0.2, 0.25) is 15.9 Å². The molecule has 1 fully saturated rings. The lowest BCUT2D eigenvalue weighted by atomic mass is 10.0. The number of methoxy groups -OCH3 is 1. The molecule has 4 rings (SSSR count). The molecule has 0 aliphatic heterocycles. The molecule has 9 nitrogen and oxygen atoms in total. The maximum atomic E-state index is 13.3. The number of nitrogens with one attached hydrogen (secondary N) is 3. The van der Waals surface area contributed by atoms with Crippen LogP contribution >= 0.6 is 0 Å². The molecule has 0 radical (unpaired) electrons. The van der Waals surface area contributed by atoms with E-state index in [-0.39, 0.29) is 34.9 Å². The van der Waals surface area contributed by atoms with Crippen molar-refractivity contribution in [3.05, 3.63) is 89.7 Å². The lowest BCUT2D eigenvalue weighted by Gasteiger charge is -2.20. The van der Waals surface area contributed by atoms with Gasteiger partial charge in [-0.3, -0.25) is 9.59 Å². The summed E-state index contributed by atoms with van der Waals surface area (Å²) in [5.74, 6) is -1.58. The van der Waals surface area contributed by atoms with Gasteiger partial charge in [-0.25, -0.2) is 17.5 Å². The molecule has 3 aromatic carbocycles. The minimum atomic E-state index is -3.99. The van der Waals surface area contributed by atoms with Gasteiger partial charge in [0, 0.05) is 23.7 Å². The molecule has 1 aliphatic rings. The van der Waals surface area contributed by atoms with Crippen LogP contribution in [-0.4, -0.2) is 50.6 Å². The average molecular weight is 542 g/mol. The van der Waals surface area contributed by atoms with E-state index in [0.717, 1.165) is 17.7 Å². The molecular weight excluding hydrogens is 513 g/mol. The summed E-state index contributed by atoms with van der Waals surface area (Å²) in [7, 11) is -2.69. The maximum Gasteiger partial charge on any atom is 0.251 e. The number of halogens is 1. The van der Waals surface area contributed by atoms with E-state index in [2.05, 4.69) is 15.4 Å². The number of sulfonamides is 1. The third-order valence-corrected chi connectivity index (χ3v) is 7.86. The van der Waals surface area contributed by atoms with Gasteiger partial charge in [0.1, 0.15) is 22.5 Å². The zero-order valence-electron chi connectivity index (χ0n) is 20.6. The van der Waals surface area contributed by atoms with Crippen molar-refractivity contribution in [2.45, 2.75) is 35.7 Å². The summed E-state index contributed by atoms with van der Waals surface area (Å²) in [4.78, 5) is 25.9. The highest BCUT2D eigenvalue weighted by Gasteiger charge is 2.46. The second-order valence-corrected chi connectivity index (χ2v) is 10.8. The molecule has 1 atom stereocenters. The Hall–Kier alpha value is -3.80. The van der Waals surface area contributed by atoms with Crippen LogP contribution in [-0.2, 0) is 21.2 Å². The van der Waals surface area contributed by atoms with Crippen LogP contribution in [0.5, 0.6) is 5.75 Å². The molecule has 4 N–H and O–H groups in total. The van der Waals surface area contributed by atoms with Crippen LogP contribution in [0, 0.1) is 5.82 Å². The Morgan fingerprint density at radius 3 is 2.34 bits per heavy atom. The third-order valence-electron chi connectivity index (χ3n) is 6.24. The number of amides is 2. The van der Waals surface area contributed by atoms with Gasteiger partial charge < -0.3 is 20.5 Å². The van der Waals surface area contributed by atoms with Gasteiger partial charge in [-0.05, 0) is 54.8 Å². The Bertz CT molecular complexity index is 1410. The van der Waals surface area contributed by atoms with Crippen molar-refractivity contribution >= 4 is 27.5 Å². The maximum absolute atomic E-state index is 13.3. The van der Waals surface area contributed by atoms with Crippen molar-refractivity contribution in [3.8, 4) is 5.75 Å². The minimum Gasteiger partial charge on any atom is -0.495 e. The molecule has 11 heteroatoms. The monoisotopic (exact) mass is 541 g/mol. The molecule has 2 amide bonds. The molecule has 1 aliphatic carbocycles. The van der Waals surface area contributed by atoms with Gasteiger partial charge in [0.25, 0.3) is 5.91 Å². The second-order valence-electron chi connectivity index (χ2n) is 9.12. The molecule has 38 heavy (non-hydrogen) atoms. The number of hydrogen-bond acceptors (Lipinski definition) is 6. The largest absolute Gasteiger partial charge is 0.495 e. The Balaban J connectivity index is 1.54. The van der Waals surface area contributed by atoms with Crippen molar-refractivity contribution in [2.24, 2.45) is 0 Å². The van der Waals surface area contributed by atoms with Crippen LogP contribution < -0.4 is 20.1 Å². The summed E-state index contributed by atoms with van der Waals surface area (Å²) in [5, 5.41) is 14.9. The number of benzene rings is 3. The average Bonchev–Trinajstić information content (AvgIpc) is 3.68. The normalized spacial score (nSPS) is 14.8. The molecular formula is C27H28FN3O6S. The van der Waals surface area contributed by atoms with Crippen LogP contribution in [0.1, 0.15) is 28.8 Å². The second kappa shape index (κ2) is 11.3. The SMILES string of the molecule is COc1cc(NC(=O)[C@H](Cc2ccccc2)NC(=O)c2ccc(F)cc2)ccc1S(=O)(=O)NC1(CO)CC1. The number of carbonyl (C=O) groups is 2. The fourth-order valence-electron chi connectivity index (χ4n) is 3.88. The minimum absolute atomic E-state index is 0.000929. The molecule has 3 aromatic rings. The first-order valence-corrected chi connectivity index (χ1v) is 13.4. The van der Waals surface area contributed by atoms with E-state index in [1.807, 2.05) is 30.3 Å². The molecule has 0 saturated heterocycles. The van der Waals surface area contributed by atoms with Crippen LogP contribution in [0.4, 0.5) is 10.1 Å². The van der Waals surface area contributed by atoms with Crippen molar-refractivity contribution in [2.75, 3.05) is 19.0 Å². The van der Waals surface area contributed by atoms with Crippen LogP contribution in [0.3, 0.4) is 0 Å². The van der Waals surface area contributed by atoms with E-state index in [4.69, 9.17) is 4.74 Å². The molecule has 0 bridgehead atoms. The zero-order valence-corrected chi connectivity index (χ0v) is 21.4. The van der Waals surface area contributed by atoms with E-state index in [1.54, 1.807) is 0 Å². The van der Waals surface area contributed by atoms with Crippen molar-refractivity contribution < 1.29 is 32.2 Å². The fraction of sp³-hybridized carbons (Fsp3) is 0.259. The standard InChI is InChI=1S/C27H28FN3O6S/c1-37-23-16-21(11-12-24(23)38(35,36)31-27(17-32)13-14-27)29-26(34)22(15-18-5-3-2-4-6-18)30-25(33)19-7-9-20(28)10-8-19/h2-12,16,22,31-32H,13-15,17H2,1H3,(H,29,34)(H,30,33)/t22-/m0/s1. The van der Waals surface area contributed by atoms with E-state index in [1.165, 1.54) is 37.4 Å². The zero-order chi connectivity index (χ0) is 27.3. The number of hydrogen-bond donors (Lipinski definition) is 4. The summed E-state index contributed by atoms with van der Waals surface area (Å²) in [6, 6.07) is 17.1. The first-order valence-electron chi connectivity index (χ1n) is 11.9.